The number of nitrogens with zero attached hydrogens (tertiary/aromatic N) is 2. The zero-order chi connectivity index (χ0) is 21.7. The zero-order valence-electron chi connectivity index (χ0n) is 16.8. The van der Waals surface area contributed by atoms with Crippen LogP contribution in [0.1, 0.15) is 28.5 Å². The molecule has 0 saturated heterocycles. The number of amides is 1. The Balaban J connectivity index is 2.01. The number of ether oxygens (including phenoxy) is 2. The molecule has 8 nitrogen and oxygen atoms in total. The van der Waals surface area contributed by atoms with Gasteiger partial charge in [0.2, 0.25) is 0 Å². The number of hydrogen-bond acceptors (Lipinski definition) is 7. The van der Waals surface area contributed by atoms with E-state index in [2.05, 4.69) is 10.3 Å². The summed E-state index contributed by atoms with van der Waals surface area (Å²) >= 11 is 1.23. The third kappa shape index (κ3) is 4.57. The van der Waals surface area contributed by atoms with Crippen molar-refractivity contribution in [3.8, 4) is 22.8 Å². The van der Waals surface area contributed by atoms with E-state index in [1.165, 1.54) is 23.5 Å². The van der Waals surface area contributed by atoms with Gasteiger partial charge in [-0.2, -0.15) is 0 Å². The van der Waals surface area contributed by atoms with Crippen LogP contribution in [-0.2, 0) is 0 Å². The minimum absolute atomic E-state index is 0.0296. The summed E-state index contributed by atoms with van der Waals surface area (Å²) in [6.45, 7) is 6.04. The monoisotopic (exact) mass is 427 g/mol. The first-order valence-corrected chi connectivity index (χ1v) is 10.2. The molecular weight excluding hydrogens is 406 g/mol. The number of anilines is 1. The summed E-state index contributed by atoms with van der Waals surface area (Å²) in [5, 5.41) is 15.0. The van der Waals surface area contributed by atoms with Crippen LogP contribution >= 0.6 is 11.3 Å². The van der Waals surface area contributed by atoms with E-state index < -0.39 is 10.8 Å². The Kier molecular flexibility index (Phi) is 6.63. The van der Waals surface area contributed by atoms with Crippen LogP contribution < -0.4 is 14.8 Å². The van der Waals surface area contributed by atoms with Gasteiger partial charge >= 0.3 is 0 Å². The predicted octanol–water partition coefficient (Wildman–Crippen LogP) is 5.08. The van der Waals surface area contributed by atoms with E-state index in [0.717, 1.165) is 10.6 Å². The molecule has 1 N–H and O–H groups in total. The molecule has 0 aliphatic carbocycles. The lowest BCUT2D eigenvalue weighted by Gasteiger charge is -2.13. The molecule has 0 bridgehead atoms. The first kappa shape index (κ1) is 21.3. The van der Waals surface area contributed by atoms with Crippen LogP contribution in [0.2, 0.25) is 0 Å². The fraction of sp³-hybridized carbons (Fsp3) is 0.238. The minimum atomic E-state index is -0.566. The number of nitrogens with one attached hydrogen (secondary N) is 1. The maximum Gasteiger partial charge on any atom is 0.296 e. The van der Waals surface area contributed by atoms with Gasteiger partial charge in [-0.3, -0.25) is 14.9 Å². The molecule has 3 aromatic rings. The van der Waals surface area contributed by atoms with Crippen molar-refractivity contribution in [2.45, 2.75) is 20.8 Å². The molecule has 1 aromatic heterocycles. The number of benzene rings is 2. The van der Waals surface area contributed by atoms with E-state index in [9.17, 15) is 14.9 Å². The van der Waals surface area contributed by atoms with Crippen molar-refractivity contribution in [1.82, 2.24) is 4.98 Å². The Hall–Kier alpha value is -3.46. The summed E-state index contributed by atoms with van der Waals surface area (Å²) in [4.78, 5) is 28.9. The van der Waals surface area contributed by atoms with Gasteiger partial charge in [0.25, 0.3) is 11.6 Å². The Bertz CT molecular complexity index is 1070. The van der Waals surface area contributed by atoms with Gasteiger partial charge in [-0.25, -0.2) is 4.98 Å². The summed E-state index contributed by atoms with van der Waals surface area (Å²) < 4.78 is 11.0. The molecule has 0 unspecified atom stereocenters. The zero-order valence-corrected chi connectivity index (χ0v) is 17.6. The molecule has 3 rings (SSSR count). The quantitative estimate of drug-likeness (QED) is 0.397. The van der Waals surface area contributed by atoms with Crippen molar-refractivity contribution in [3.05, 3.63) is 62.5 Å². The van der Waals surface area contributed by atoms with Gasteiger partial charge in [0, 0.05) is 11.6 Å². The van der Waals surface area contributed by atoms with Gasteiger partial charge in [0.1, 0.15) is 10.6 Å². The SMILES string of the molecule is CCOc1cc(NC(=O)c2sc(C)nc2-c2ccccc2)c([N+](=O)[O-])cc1OCC. The van der Waals surface area contributed by atoms with Crippen LogP contribution in [0.25, 0.3) is 11.3 Å². The number of carbonyl (C=O) groups is 1. The normalized spacial score (nSPS) is 10.5. The fourth-order valence-electron chi connectivity index (χ4n) is 2.89. The summed E-state index contributed by atoms with van der Waals surface area (Å²) in [5.74, 6) is 0.0980. The van der Waals surface area contributed by atoms with Gasteiger partial charge in [-0.15, -0.1) is 11.3 Å². The van der Waals surface area contributed by atoms with Gasteiger partial charge in [-0.1, -0.05) is 30.3 Å². The van der Waals surface area contributed by atoms with E-state index in [1.807, 2.05) is 30.3 Å². The van der Waals surface area contributed by atoms with Gasteiger partial charge in [0.15, 0.2) is 11.5 Å². The van der Waals surface area contributed by atoms with Crippen molar-refractivity contribution in [2.75, 3.05) is 18.5 Å². The van der Waals surface area contributed by atoms with Crippen LogP contribution in [0, 0.1) is 17.0 Å². The van der Waals surface area contributed by atoms with E-state index in [1.54, 1.807) is 20.8 Å². The molecular formula is C21H21N3O5S. The number of aromatic nitrogens is 1. The van der Waals surface area contributed by atoms with E-state index in [4.69, 9.17) is 9.47 Å². The van der Waals surface area contributed by atoms with Crippen LogP contribution in [0.4, 0.5) is 11.4 Å². The van der Waals surface area contributed by atoms with E-state index >= 15 is 0 Å². The third-order valence-electron chi connectivity index (χ3n) is 4.09. The average Bonchev–Trinajstić information content (AvgIpc) is 3.12. The summed E-state index contributed by atoms with van der Waals surface area (Å²) in [6, 6.07) is 12.0. The second kappa shape index (κ2) is 9.36. The predicted molar refractivity (Wildman–Crippen MR) is 116 cm³/mol. The smallest absolute Gasteiger partial charge is 0.296 e. The summed E-state index contributed by atoms with van der Waals surface area (Å²) in [5.41, 5.74) is 1.08. The van der Waals surface area contributed by atoms with Gasteiger partial charge < -0.3 is 14.8 Å². The number of nitro benzene ring substituents is 1. The summed E-state index contributed by atoms with van der Waals surface area (Å²) in [6.07, 6.45) is 0. The molecule has 9 heteroatoms. The molecule has 0 fully saturated rings. The number of aryl methyl sites for hydroxylation is 1. The Morgan fingerprint density at radius 1 is 1.13 bits per heavy atom. The highest BCUT2D eigenvalue weighted by Gasteiger charge is 2.24. The molecule has 0 aliphatic heterocycles. The lowest BCUT2D eigenvalue weighted by Crippen LogP contribution is -2.13. The van der Waals surface area contributed by atoms with Crippen molar-refractivity contribution < 1.29 is 19.2 Å². The van der Waals surface area contributed by atoms with Crippen molar-refractivity contribution >= 4 is 28.6 Å². The molecule has 1 heterocycles. The molecule has 0 spiro atoms. The summed E-state index contributed by atoms with van der Waals surface area (Å²) in [7, 11) is 0. The van der Waals surface area contributed by atoms with Crippen molar-refractivity contribution in [2.24, 2.45) is 0 Å². The van der Waals surface area contributed by atoms with Gasteiger partial charge in [0.05, 0.1) is 34.9 Å². The van der Waals surface area contributed by atoms with Gasteiger partial charge in [-0.05, 0) is 20.8 Å². The Labute approximate surface area is 177 Å². The maximum atomic E-state index is 13.0. The molecule has 0 atom stereocenters. The van der Waals surface area contributed by atoms with E-state index in [0.29, 0.717) is 29.5 Å². The van der Waals surface area contributed by atoms with Crippen LogP contribution in [0.15, 0.2) is 42.5 Å². The molecule has 1 amide bonds. The first-order chi connectivity index (χ1) is 14.4. The van der Waals surface area contributed by atoms with Crippen LogP contribution in [0.3, 0.4) is 0 Å². The molecule has 0 radical (unpaired) electrons. The Morgan fingerprint density at radius 2 is 1.77 bits per heavy atom. The number of rotatable bonds is 8. The average molecular weight is 427 g/mol. The number of thiazole rings is 1. The molecule has 156 valence electrons. The number of carbonyl (C=O) groups excluding carboxylic acids is 1. The highest BCUT2D eigenvalue weighted by Crippen LogP contribution is 2.39. The second-order valence-corrected chi connectivity index (χ2v) is 7.37. The van der Waals surface area contributed by atoms with Crippen molar-refractivity contribution in [3.63, 3.8) is 0 Å². The number of hydrogen-bond donors (Lipinski definition) is 1. The van der Waals surface area contributed by atoms with Crippen molar-refractivity contribution in [1.29, 1.82) is 0 Å². The highest BCUT2D eigenvalue weighted by molar-refractivity contribution is 7.14. The topological polar surface area (TPSA) is 104 Å². The third-order valence-corrected chi connectivity index (χ3v) is 5.06. The lowest BCUT2D eigenvalue weighted by molar-refractivity contribution is -0.384. The molecule has 0 aliphatic rings. The number of nitro groups is 1. The fourth-order valence-corrected chi connectivity index (χ4v) is 3.72. The maximum absolute atomic E-state index is 13.0. The lowest BCUT2D eigenvalue weighted by atomic mass is 10.1. The minimum Gasteiger partial charge on any atom is -0.490 e. The molecule has 0 saturated carbocycles. The van der Waals surface area contributed by atoms with Crippen LogP contribution in [0.5, 0.6) is 11.5 Å². The largest absolute Gasteiger partial charge is 0.490 e. The second-order valence-electron chi connectivity index (χ2n) is 6.17. The molecule has 2 aromatic carbocycles. The molecule has 30 heavy (non-hydrogen) atoms. The highest BCUT2D eigenvalue weighted by atomic mass is 32.1. The van der Waals surface area contributed by atoms with E-state index in [-0.39, 0.29) is 17.1 Å². The standard InChI is InChI=1S/C21H21N3O5S/c1-4-28-17-11-15(16(24(26)27)12-18(17)29-5-2)23-21(25)20-19(22-13(3)30-20)14-9-7-6-8-10-14/h6-12H,4-5H2,1-3H3,(H,23,25). The Morgan fingerprint density at radius 3 is 2.37 bits per heavy atom. The first-order valence-electron chi connectivity index (χ1n) is 9.36. The van der Waals surface area contributed by atoms with Crippen LogP contribution in [-0.4, -0.2) is 29.0 Å².